The van der Waals surface area contributed by atoms with Crippen LogP contribution < -0.4 is 0 Å². The Morgan fingerprint density at radius 3 is 2.60 bits per heavy atom. The van der Waals surface area contributed by atoms with Crippen LogP contribution in [0.5, 0.6) is 0 Å². The summed E-state index contributed by atoms with van der Waals surface area (Å²) >= 11 is 3.87. The van der Waals surface area contributed by atoms with Crippen molar-refractivity contribution in [1.29, 1.82) is 0 Å². The number of nitrogens with zero attached hydrogens (tertiary/aromatic N) is 1. The molecule has 5 heteroatoms. The van der Waals surface area contributed by atoms with Crippen molar-refractivity contribution < 1.29 is 9.53 Å². The molecule has 0 aromatic heterocycles. The Morgan fingerprint density at radius 1 is 1.70 bits per heavy atom. The molecule has 1 amide bonds. The SMILES string of the molecule is CCOC(=O)N(CC)SS. The second kappa shape index (κ2) is 5.73. The van der Waals surface area contributed by atoms with Crippen molar-refractivity contribution in [1.82, 2.24) is 4.31 Å². The van der Waals surface area contributed by atoms with Crippen LogP contribution in [0.25, 0.3) is 0 Å². The third-order valence-electron chi connectivity index (χ3n) is 0.857. The molecule has 0 saturated heterocycles. The number of rotatable bonds is 3. The van der Waals surface area contributed by atoms with Crippen LogP contribution in [-0.2, 0) is 4.74 Å². The maximum Gasteiger partial charge on any atom is 0.420 e. The molecular formula is C5H11NO2S2. The minimum Gasteiger partial charge on any atom is -0.449 e. The van der Waals surface area contributed by atoms with E-state index in [-0.39, 0.29) is 6.09 Å². The molecule has 0 saturated carbocycles. The molecule has 0 aromatic carbocycles. The summed E-state index contributed by atoms with van der Waals surface area (Å²) in [6.07, 6.45) is -0.329. The first-order valence-electron chi connectivity index (χ1n) is 3.02. The summed E-state index contributed by atoms with van der Waals surface area (Å²) in [6.45, 7) is 4.64. The fourth-order valence-electron chi connectivity index (χ4n) is 0.416. The van der Waals surface area contributed by atoms with Crippen molar-refractivity contribution in [3.8, 4) is 0 Å². The summed E-state index contributed by atoms with van der Waals surface area (Å²) in [7, 11) is 1.07. The topological polar surface area (TPSA) is 29.5 Å². The molecule has 0 rings (SSSR count). The standard InChI is InChI=1S/C5H11NO2S2/c1-3-6(10-9)5(7)8-4-2/h9H,3-4H2,1-2H3. The van der Waals surface area contributed by atoms with E-state index in [1.807, 2.05) is 6.92 Å². The van der Waals surface area contributed by atoms with Crippen LogP contribution in [0.15, 0.2) is 0 Å². The van der Waals surface area contributed by atoms with Crippen molar-refractivity contribution in [2.24, 2.45) is 0 Å². The van der Waals surface area contributed by atoms with Crippen LogP contribution in [0.1, 0.15) is 13.8 Å². The number of amides is 1. The molecule has 0 N–H and O–H groups in total. The summed E-state index contributed by atoms with van der Waals surface area (Å²) in [6, 6.07) is 0. The van der Waals surface area contributed by atoms with E-state index in [2.05, 4.69) is 11.7 Å². The third kappa shape index (κ3) is 3.22. The lowest BCUT2D eigenvalue weighted by atomic mass is 10.7. The van der Waals surface area contributed by atoms with E-state index in [0.29, 0.717) is 13.2 Å². The van der Waals surface area contributed by atoms with Gasteiger partial charge in [0.05, 0.1) is 6.61 Å². The van der Waals surface area contributed by atoms with Gasteiger partial charge in [-0.25, -0.2) is 9.10 Å². The highest BCUT2D eigenvalue weighted by molar-refractivity contribution is 8.67. The molecule has 0 unspecified atom stereocenters. The Hall–Kier alpha value is -0.0300. The normalized spacial score (nSPS) is 9.10. The average Bonchev–Trinajstić information content (AvgIpc) is 1.91. The van der Waals surface area contributed by atoms with E-state index in [1.165, 1.54) is 4.31 Å². The fraction of sp³-hybridized carbons (Fsp3) is 0.800. The summed E-state index contributed by atoms with van der Waals surface area (Å²) in [5.41, 5.74) is 0. The molecule has 60 valence electrons. The first-order chi connectivity index (χ1) is 4.76. The Balaban J connectivity index is 3.65. The van der Waals surface area contributed by atoms with Gasteiger partial charge in [0.2, 0.25) is 0 Å². The molecule has 10 heavy (non-hydrogen) atoms. The Bertz CT molecular complexity index is 106. The summed E-state index contributed by atoms with van der Waals surface area (Å²) in [5.74, 6) is 0. The van der Waals surface area contributed by atoms with Gasteiger partial charge in [0.1, 0.15) is 0 Å². The van der Waals surface area contributed by atoms with Crippen LogP contribution in [0, 0.1) is 0 Å². The molecule has 0 aromatic rings. The fourth-order valence-corrected chi connectivity index (χ4v) is 1.20. The summed E-state index contributed by atoms with van der Waals surface area (Å²) in [5, 5.41) is 0. The molecule has 3 nitrogen and oxygen atoms in total. The molecule has 0 aliphatic heterocycles. The molecule has 0 heterocycles. The number of carbonyl (C=O) groups excluding carboxylic acids is 1. The monoisotopic (exact) mass is 181 g/mol. The van der Waals surface area contributed by atoms with Crippen LogP contribution >= 0.6 is 22.6 Å². The molecule has 0 aliphatic carbocycles. The van der Waals surface area contributed by atoms with Gasteiger partial charge in [0, 0.05) is 17.5 Å². The van der Waals surface area contributed by atoms with Gasteiger partial charge in [0.25, 0.3) is 0 Å². The third-order valence-corrected chi connectivity index (χ3v) is 2.05. The summed E-state index contributed by atoms with van der Waals surface area (Å²) in [4.78, 5) is 10.8. The molecule has 0 aliphatic rings. The minimum atomic E-state index is -0.329. The predicted octanol–water partition coefficient (Wildman–Crippen LogP) is 1.96. The van der Waals surface area contributed by atoms with Gasteiger partial charge in [-0.15, -0.1) is 0 Å². The second-order valence-corrected chi connectivity index (χ2v) is 2.57. The van der Waals surface area contributed by atoms with Gasteiger partial charge in [-0.1, -0.05) is 11.7 Å². The summed E-state index contributed by atoms with van der Waals surface area (Å²) < 4.78 is 6.13. The maximum absolute atomic E-state index is 10.8. The smallest absolute Gasteiger partial charge is 0.420 e. The van der Waals surface area contributed by atoms with E-state index in [4.69, 9.17) is 4.74 Å². The largest absolute Gasteiger partial charge is 0.449 e. The van der Waals surface area contributed by atoms with Gasteiger partial charge < -0.3 is 4.74 Å². The van der Waals surface area contributed by atoms with Crippen molar-refractivity contribution in [2.75, 3.05) is 13.2 Å². The average molecular weight is 181 g/mol. The van der Waals surface area contributed by atoms with Gasteiger partial charge in [-0.05, 0) is 13.8 Å². The zero-order valence-electron chi connectivity index (χ0n) is 6.03. The van der Waals surface area contributed by atoms with Gasteiger partial charge >= 0.3 is 6.09 Å². The van der Waals surface area contributed by atoms with Crippen molar-refractivity contribution in [2.45, 2.75) is 13.8 Å². The molecule has 0 bridgehead atoms. The molecule has 0 fully saturated rings. The van der Waals surface area contributed by atoms with Gasteiger partial charge in [-0.3, -0.25) is 0 Å². The van der Waals surface area contributed by atoms with E-state index in [0.717, 1.165) is 11.0 Å². The Labute approximate surface area is 70.0 Å². The Morgan fingerprint density at radius 2 is 2.30 bits per heavy atom. The number of carbonyl (C=O) groups is 1. The van der Waals surface area contributed by atoms with Gasteiger partial charge in [-0.2, -0.15) is 0 Å². The minimum absolute atomic E-state index is 0.329. The van der Waals surface area contributed by atoms with E-state index in [9.17, 15) is 4.79 Å². The Kier molecular flexibility index (Phi) is 5.71. The van der Waals surface area contributed by atoms with E-state index < -0.39 is 0 Å². The van der Waals surface area contributed by atoms with E-state index >= 15 is 0 Å². The number of hydrogen-bond donors (Lipinski definition) is 1. The quantitative estimate of drug-likeness (QED) is 0.410. The molecule has 0 atom stereocenters. The highest BCUT2D eigenvalue weighted by Crippen LogP contribution is 2.14. The first-order valence-corrected chi connectivity index (χ1v) is 4.84. The second-order valence-electron chi connectivity index (χ2n) is 1.48. The first kappa shape index (κ1) is 9.97. The van der Waals surface area contributed by atoms with Crippen LogP contribution in [0.3, 0.4) is 0 Å². The zero-order valence-corrected chi connectivity index (χ0v) is 7.74. The maximum atomic E-state index is 10.8. The highest BCUT2D eigenvalue weighted by atomic mass is 33.1. The van der Waals surface area contributed by atoms with Gasteiger partial charge in [0.15, 0.2) is 0 Å². The van der Waals surface area contributed by atoms with Crippen LogP contribution in [0.4, 0.5) is 4.79 Å². The zero-order chi connectivity index (χ0) is 7.98. The van der Waals surface area contributed by atoms with Crippen LogP contribution in [0.2, 0.25) is 0 Å². The highest BCUT2D eigenvalue weighted by Gasteiger charge is 2.10. The predicted molar refractivity (Wildman–Crippen MR) is 46.0 cm³/mol. The lowest BCUT2D eigenvalue weighted by Gasteiger charge is -2.14. The molecular weight excluding hydrogens is 170 g/mol. The van der Waals surface area contributed by atoms with Crippen molar-refractivity contribution in [3.63, 3.8) is 0 Å². The number of thiol groups is 1. The lowest BCUT2D eigenvalue weighted by molar-refractivity contribution is 0.135. The molecule has 0 spiro atoms. The van der Waals surface area contributed by atoms with Crippen LogP contribution in [-0.4, -0.2) is 23.6 Å². The number of hydrogen-bond acceptors (Lipinski definition) is 4. The van der Waals surface area contributed by atoms with Crippen molar-refractivity contribution in [3.05, 3.63) is 0 Å². The van der Waals surface area contributed by atoms with E-state index in [1.54, 1.807) is 6.92 Å². The lowest BCUT2D eigenvalue weighted by Crippen LogP contribution is -2.23. The van der Waals surface area contributed by atoms with Crippen molar-refractivity contribution >= 4 is 28.7 Å². The number of ether oxygens (including phenoxy) is 1. The molecule has 0 radical (unpaired) electrons.